The van der Waals surface area contributed by atoms with Gasteiger partial charge in [0, 0.05) is 41.6 Å². The Kier molecular flexibility index (Phi) is 10.7. The summed E-state index contributed by atoms with van der Waals surface area (Å²) in [6.07, 6.45) is 5.70. The van der Waals surface area contributed by atoms with Crippen molar-refractivity contribution in [1.29, 1.82) is 0 Å². The van der Waals surface area contributed by atoms with Crippen molar-refractivity contribution in [3.05, 3.63) is 66.3 Å². The Balaban J connectivity index is 1.11. The number of likely N-dealkylation sites (tertiary alicyclic amines) is 1. The van der Waals surface area contributed by atoms with Crippen molar-refractivity contribution in [2.24, 2.45) is 11.8 Å². The number of alkyl carbamates (subject to hydrolysis) is 1. The lowest BCUT2D eigenvalue weighted by atomic mass is 10.0. The second-order valence-corrected chi connectivity index (χ2v) is 15.2. The number of ether oxygens (including phenoxy) is 2. The molecule has 3 aromatic heterocycles. The largest absolute Gasteiger partial charge is 0.472 e. The zero-order chi connectivity index (χ0) is 39.0. The minimum absolute atomic E-state index is 0.118. The minimum Gasteiger partial charge on any atom is -0.472 e. The number of benzene rings is 2. The molecule has 3 N–H and O–H groups in total. The van der Waals surface area contributed by atoms with Crippen LogP contribution in [0.3, 0.4) is 0 Å². The summed E-state index contributed by atoms with van der Waals surface area (Å²) in [6.45, 7) is 11.7. The van der Waals surface area contributed by atoms with Crippen molar-refractivity contribution in [3.8, 4) is 39.5 Å². The third-order valence-electron chi connectivity index (χ3n) is 10.4. The molecule has 0 saturated carbocycles. The fraction of sp³-hybridized carbons (Fsp3) is 0.439. The predicted octanol–water partition coefficient (Wildman–Crippen LogP) is 7.41. The Morgan fingerprint density at radius 2 is 1.80 bits per heavy atom. The van der Waals surface area contributed by atoms with E-state index < -0.39 is 12.1 Å². The van der Waals surface area contributed by atoms with Crippen LogP contribution in [0.15, 0.2) is 48.8 Å². The number of H-pyrrole nitrogens is 2. The van der Waals surface area contributed by atoms with Crippen LogP contribution in [0, 0.1) is 17.7 Å². The number of nitrogens with zero attached hydrogens (tertiary/aromatic N) is 5. The first kappa shape index (κ1) is 37.6. The first-order chi connectivity index (χ1) is 26.5. The van der Waals surface area contributed by atoms with Gasteiger partial charge in [-0.25, -0.2) is 19.2 Å². The van der Waals surface area contributed by atoms with Crippen molar-refractivity contribution in [2.45, 2.75) is 85.7 Å². The number of amides is 3. The maximum absolute atomic E-state index is 16.5. The Bertz CT molecular complexity index is 2220. The van der Waals surface area contributed by atoms with E-state index in [9.17, 15) is 14.4 Å². The van der Waals surface area contributed by atoms with Crippen molar-refractivity contribution < 1.29 is 28.2 Å². The van der Waals surface area contributed by atoms with Crippen LogP contribution >= 0.6 is 0 Å². The molecular formula is C41H49FN8O5. The third kappa shape index (κ3) is 7.41. The van der Waals surface area contributed by atoms with Gasteiger partial charge in [0.2, 0.25) is 11.8 Å². The highest BCUT2D eigenvalue weighted by molar-refractivity contribution is 5.93. The van der Waals surface area contributed by atoms with Crippen LogP contribution in [-0.4, -0.2) is 78.5 Å². The van der Waals surface area contributed by atoms with Gasteiger partial charge in [-0.2, -0.15) is 0 Å². The lowest BCUT2D eigenvalue weighted by Crippen LogP contribution is -2.51. The van der Waals surface area contributed by atoms with E-state index in [4.69, 9.17) is 9.47 Å². The van der Waals surface area contributed by atoms with Gasteiger partial charge in [0.1, 0.15) is 23.4 Å². The molecule has 0 radical (unpaired) electrons. The number of nitrogens with one attached hydrogen (secondary N) is 3. The molecule has 3 amide bonds. The number of aromatic nitrogens is 5. The fourth-order valence-electron chi connectivity index (χ4n) is 7.67. The number of methoxy groups -OCH3 is 1. The Morgan fingerprint density at radius 3 is 2.55 bits per heavy atom. The maximum Gasteiger partial charge on any atom is 0.407 e. The highest BCUT2D eigenvalue weighted by Gasteiger charge is 2.37. The van der Waals surface area contributed by atoms with E-state index >= 15 is 4.39 Å². The lowest BCUT2D eigenvalue weighted by molar-refractivity contribution is -0.135. The quantitative estimate of drug-likeness (QED) is 0.120. The van der Waals surface area contributed by atoms with Crippen molar-refractivity contribution in [1.82, 2.24) is 39.6 Å². The normalized spacial score (nSPS) is 15.6. The first-order valence-corrected chi connectivity index (χ1v) is 19.1. The number of carbonyl (C=O) groups is 3. The van der Waals surface area contributed by atoms with E-state index in [1.165, 1.54) is 7.11 Å². The van der Waals surface area contributed by atoms with Crippen LogP contribution in [0.25, 0.3) is 44.7 Å². The second-order valence-electron chi connectivity index (χ2n) is 15.2. The summed E-state index contributed by atoms with van der Waals surface area (Å²) < 4.78 is 29.3. The highest BCUT2D eigenvalue weighted by atomic mass is 19.1. The van der Waals surface area contributed by atoms with E-state index in [1.54, 1.807) is 17.3 Å². The van der Waals surface area contributed by atoms with E-state index in [0.29, 0.717) is 71.3 Å². The SMILES string of the molecule is CCCN(Cc1ncc(-c2ccc3c(c2)OCn2c-3c(F)c3cc(-c4cnc([C@@H]5CCCN5C(=O)[C@@H](NC(=O)OC)C(C)C)[nH]4)ccc32)[nH]1)C(=O)CC(C)C. The standard InChI is InChI=1S/C41H49FN8O5/c1-7-14-48(35(51)16-23(2)3)21-34-43-19-29(45-34)26-10-12-27-33(18-26)55-22-50-31-13-11-25(17-28(31)36(42)38(27)50)30-20-44-39(46-30)32-9-8-15-49(32)40(52)37(24(4)5)47-41(53)54-6/h10-13,17-20,23-24,32,37H,7-9,14-16,21-22H2,1-6H3,(H,43,45)(H,44,46)(H,47,53)/t32-,37-/m0/s1. The smallest absolute Gasteiger partial charge is 0.407 e. The summed E-state index contributed by atoms with van der Waals surface area (Å²) >= 11 is 0. The average Bonchev–Trinajstić information content (AvgIpc) is 3.99. The molecule has 2 aliphatic heterocycles. The van der Waals surface area contributed by atoms with Crippen molar-refractivity contribution in [2.75, 3.05) is 20.2 Å². The third-order valence-corrected chi connectivity index (χ3v) is 10.4. The Labute approximate surface area is 319 Å². The lowest BCUT2D eigenvalue weighted by Gasteiger charge is -2.30. The van der Waals surface area contributed by atoms with Crippen LogP contribution in [0.4, 0.5) is 9.18 Å². The van der Waals surface area contributed by atoms with Crippen LogP contribution in [0.1, 0.15) is 78.0 Å². The molecule has 0 unspecified atom stereocenters. The van der Waals surface area contributed by atoms with Gasteiger partial charge in [-0.15, -0.1) is 0 Å². The van der Waals surface area contributed by atoms with Crippen LogP contribution < -0.4 is 10.1 Å². The summed E-state index contributed by atoms with van der Waals surface area (Å²) in [5.74, 6) is 1.64. The van der Waals surface area contributed by atoms with Gasteiger partial charge in [0.05, 0.1) is 54.7 Å². The van der Waals surface area contributed by atoms with E-state index in [2.05, 4.69) is 32.2 Å². The van der Waals surface area contributed by atoms with Gasteiger partial charge in [-0.05, 0) is 55.4 Å². The van der Waals surface area contributed by atoms with Gasteiger partial charge in [0.25, 0.3) is 0 Å². The molecule has 0 aliphatic carbocycles. The number of imidazole rings is 2. The fourth-order valence-corrected chi connectivity index (χ4v) is 7.67. The molecule has 5 aromatic rings. The molecule has 14 heteroatoms. The Morgan fingerprint density at radius 1 is 1.05 bits per heavy atom. The highest BCUT2D eigenvalue weighted by Crippen LogP contribution is 2.43. The number of carbonyl (C=O) groups excluding carboxylic acids is 3. The zero-order valence-corrected chi connectivity index (χ0v) is 32.2. The van der Waals surface area contributed by atoms with Gasteiger partial charge in [0.15, 0.2) is 12.5 Å². The van der Waals surface area contributed by atoms with Crippen molar-refractivity contribution in [3.63, 3.8) is 0 Å². The van der Waals surface area contributed by atoms with Gasteiger partial charge < -0.3 is 39.1 Å². The van der Waals surface area contributed by atoms with Crippen LogP contribution in [0.5, 0.6) is 5.75 Å². The topological polar surface area (TPSA) is 150 Å². The van der Waals surface area contributed by atoms with Crippen molar-refractivity contribution >= 4 is 28.8 Å². The number of fused-ring (bicyclic) bond motifs is 5. The number of rotatable bonds is 12. The monoisotopic (exact) mass is 752 g/mol. The van der Waals surface area contributed by atoms with Gasteiger partial charge in [-0.1, -0.05) is 46.8 Å². The predicted molar refractivity (Wildman–Crippen MR) is 206 cm³/mol. The summed E-state index contributed by atoms with van der Waals surface area (Å²) in [5, 5.41) is 3.13. The first-order valence-electron chi connectivity index (χ1n) is 19.1. The van der Waals surface area contributed by atoms with Crippen LogP contribution in [-0.2, 0) is 27.6 Å². The Hall–Kier alpha value is -5.66. The molecule has 7 rings (SSSR count). The average molecular weight is 753 g/mol. The number of aromatic amines is 2. The molecule has 2 aromatic carbocycles. The maximum atomic E-state index is 16.5. The van der Waals surface area contributed by atoms with E-state index in [1.807, 2.05) is 73.6 Å². The molecule has 2 aliphatic rings. The van der Waals surface area contributed by atoms with E-state index in [-0.39, 0.29) is 42.2 Å². The zero-order valence-electron chi connectivity index (χ0n) is 32.2. The summed E-state index contributed by atoms with van der Waals surface area (Å²) in [4.78, 5) is 58.0. The number of halogens is 1. The number of hydrogen-bond acceptors (Lipinski definition) is 7. The number of hydrogen-bond donors (Lipinski definition) is 3. The molecule has 290 valence electrons. The minimum atomic E-state index is -0.730. The molecule has 5 heterocycles. The van der Waals surface area contributed by atoms with Gasteiger partial charge >= 0.3 is 6.09 Å². The van der Waals surface area contributed by atoms with Crippen LogP contribution in [0.2, 0.25) is 0 Å². The van der Waals surface area contributed by atoms with E-state index in [0.717, 1.165) is 36.1 Å². The summed E-state index contributed by atoms with van der Waals surface area (Å²) in [6, 6.07) is 10.3. The van der Waals surface area contributed by atoms with Gasteiger partial charge in [-0.3, -0.25) is 9.59 Å². The molecule has 55 heavy (non-hydrogen) atoms. The molecule has 2 atom stereocenters. The molecule has 1 saturated heterocycles. The second kappa shape index (κ2) is 15.6. The molecular weight excluding hydrogens is 703 g/mol. The molecule has 13 nitrogen and oxygen atoms in total. The molecule has 1 fully saturated rings. The molecule has 0 bridgehead atoms. The summed E-state index contributed by atoms with van der Waals surface area (Å²) in [5.41, 5.74) is 4.90. The molecule has 0 spiro atoms. The summed E-state index contributed by atoms with van der Waals surface area (Å²) in [7, 11) is 1.27.